The smallest absolute Gasteiger partial charge is 0.0470 e. The SMILES string of the molecule is Cc1cc(C)cc(C(CN)N(C)C2CCC(C)CC2)c1. The van der Waals surface area contributed by atoms with E-state index >= 15 is 0 Å². The largest absolute Gasteiger partial charge is 0.329 e. The van der Waals surface area contributed by atoms with E-state index in [1.54, 1.807) is 0 Å². The lowest BCUT2D eigenvalue weighted by molar-refractivity contribution is 0.126. The second-order valence-electron chi connectivity index (χ2n) is 6.75. The first-order valence-corrected chi connectivity index (χ1v) is 8.01. The van der Waals surface area contributed by atoms with Gasteiger partial charge >= 0.3 is 0 Å². The van der Waals surface area contributed by atoms with Gasteiger partial charge in [0.1, 0.15) is 0 Å². The van der Waals surface area contributed by atoms with Gasteiger partial charge in [0, 0.05) is 18.6 Å². The molecule has 2 heteroatoms. The maximum absolute atomic E-state index is 6.10. The summed E-state index contributed by atoms with van der Waals surface area (Å²) in [4.78, 5) is 2.53. The number of nitrogens with two attached hydrogens (primary N) is 1. The average Bonchev–Trinajstić information content (AvgIpc) is 2.39. The van der Waals surface area contributed by atoms with E-state index in [1.165, 1.54) is 42.4 Å². The van der Waals surface area contributed by atoms with Crippen LogP contribution < -0.4 is 5.73 Å². The third kappa shape index (κ3) is 3.62. The highest BCUT2D eigenvalue weighted by Crippen LogP contribution is 2.31. The summed E-state index contributed by atoms with van der Waals surface area (Å²) >= 11 is 0. The van der Waals surface area contributed by atoms with E-state index in [-0.39, 0.29) is 0 Å². The fraction of sp³-hybridized carbons (Fsp3) is 0.667. The summed E-state index contributed by atoms with van der Waals surface area (Å²) in [5.74, 6) is 0.900. The molecule has 2 nitrogen and oxygen atoms in total. The molecule has 1 fully saturated rings. The number of hydrogen-bond donors (Lipinski definition) is 1. The molecule has 1 saturated carbocycles. The second kappa shape index (κ2) is 6.73. The lowest BCUT2D eigenvalue weighted by Gasteiger charge is -2.38. The molecule has 1 unspecified atom stereocenters. The van der Waals surface area contributed by atoms with Crippen molar-refractivity contribution in [1.29, 1.82) is 0 Å². The van der Waals surface area contributed by atoms with Gasteiger partial charge in [0.05, 0.1) is 0 Å². The van der Waals surface area contributed by atoms with Crippen LogP contribution in [-0.2, 0) is 0 Å². The van der Waals surface area contributed by atoms with Crippen LogP contribution in [0.15, 0.2) is 18.2 Å². The maximum Gasteiger partial charge on any atom is 0.0470 e. The number of aryl methyl sites for hydroxylation is 2. The molecule has 0 heterocycles. The Balaban J connectivity index is 2.14. The van der Waals surface area contributed by atoms with Gasteiger partial charge in [-0.1, -0.05) is 36.2 Å². The van der Waals surface area contributed by atoms with Gasteiger partial charge in [-0.25, -0.2) is 0 Å². The van der Waals surface area contributed by atoms with Crippen LogP contribution in [0.1, 0.15) is 55.3 Å². The standard InChI is InChI=1S/C18H30N2/c1-13-5-7-17(8-6-13)20(4)18(12-19)16-10-14(2)9-15(3)11-16/h9-11,13,17-18H,5-8,12,19H2,1-4H3. The van der Waals surface area contributed by atoms with Crippen molar-refractivity contribution in [1.82, 2.24) is 4.90 Å². The van der Waals surface area contributed by atoms with Crippen LogP contribution in [0.5, 0.6) is 0 Å². The molecule has 1 aliphatic rings. The molecule has 0 aromatic heterocycles. The summed E-state index contributed by atoms with van der Waals surface area (Å²) in [6.45, 7) is 7.42. The molecule has 2 N–H and O–H groups in total. The Morgan fingerprint density at radius 3 is 2.15 bits per heavy atom. The number of rotatable bonds is 4. The maximum atomic E-state index is 6.10. The van der Waals surface area contributed by atoms with E-state index in [1.807, 2.05) is 0 Å². The van der Waals surface area contributed by atoms with Crippen LogP contribution in [0.2, 0.25) is 0 Å². The first-order chi connectivity index (χ1) is 9.51. The van der Waals surface area contributed by atoms with Crippen molar-refractivity contribution in [2.24, 2.45) is 11.7 Å². The van der Waals surface area contributed by atoms with E-state index in [0.29, 0.717) is 18.6 Å². The summed E-state index contributed by atoms with van der Waals surface area (Å²) in [6.07, 6.45) is 5.36. The topological polar surface area (TPSA) is 29.3 Å². The molecule has 0 saturated heterocycles. The number of nitrogens with zero attached hydrogens (tertiary/aromatic N) is 1. The number of likely N-dealkylation sites (N-methyl/N-ethyl adjacent to an activating group) is 1. The average molecular weight is 274 g/mol. The molecule has 2 rings (SSSR count). The zero-order valence-electron chi connectivity index (χ0n) is 13.5. The Bertz CT molecular complexity index is 413. The van der Waals surface area contributed by atoms with Gasteiger partial charge in [0.25, 0.3) is 0 Å². The van der Waals surface area contributed by atoms with Crippen molar-refractivity contribution in [3.8, 4) is 0 Å². The molecule has 112 valence electrons. The third-order valence-electron chi connectivity index (χ3n) is 4.91. The lowest BCUT2D eigenvalue weighted by atomic mass is 9.85. The van der Waals surface area contributed by atoms with Gasteiger partial charge in [-0.05, 0) is 58.1 Å². The highest BCUT2D eigenvalue weighted by Gasteiger charge is 2.26. The highest BCUT2D eigenvalue weighted by atomic mass is 15.2. The summed E-state index contributed by atoms with van der Waals surface area (Å²) in [7, 11) is 2.26. The zero-order valence-corrected chi connectivity index (χ0v) is 13.5. The monoisotopic (exact) mass is 274 g/mol. The van der Waals surface area contributed by atoms with Crippen LogP contribution in [0.25, 0.3) is 0 Å². The van der Waals surface area contributed by atoms with Crippen molar-refractivity contribution in [2.45, 2.75) is 58.5 Å². The van der Waals surface area contributed by atoms with Crippen LogP contribution >= 0.6 is 0 Å². The fourth-order valence-electron chi connectivity index (χ4n) is 3.64. The molecule has 1 aliphatic carbocycles. The third-order valence-corrected chi connectivity index (χ3v) is 4.91. The van der Waals surface area contributed by atoms with Crippen molar-refractivity contribution in [3.63, 3.8) is 0 Å². The van der Waals surface area contributed by atoms with E-state index < -0.39 is 0 Å². The van der Waals surface area contributed by atoms with E-state index in [9.17, 15) is 0 Å². The minimum absolute atomic E-state index is 0.354. The lowest BCUT2D eigenvalue weighted by Crippen LogP contribution is -2.40. The summed E-state index contributed by atoms with van der Waals surface area (Å²) < 4.78 is 0. The Kier molecular flexibility index (Phi) is 5.22. The van der Waals surface area contributed by atoms with Gasteiger partial charge in [0.15, 0.2) is 0 Å². The van der Waals surface area contributed by atoms with Crippen LogP contribution in [0.4, 0.5) is 0 Å². The molecule has 0 amide bonds. The molecule has 20 heavy (non-hydrogen) atoms. The highest BCUT2D eigenvalue weighted by molar-refractivity contribution is 5.31. The Hall–Kier alpha value is -0.860. The van der Waals surface area contributed by atoms with Gasteiger partial charge < -0.3 is 5.73 Å². The van der Waals surface area contributed by atoms with E-state index in [4.69, 9.17) is 5.73 Å². The molecule has 0 bridgehead atoms. The Labute approximate surface area is 124 Å². The molecule has 0 spiro atoms. The van der Waals surface area contributed by atoms with Crippen LogP contribution in [-0.4, -0.2) is 24.5 Å². The van der Waals surface area contributed by atoms with Crippen molar-refractivity contribution >= 4 is 0 Å². The number of benzene rings is 1. The second-order valence-corrected chi connectivity index (χ2v) is 6.75. The first kappa shape index (κ1) is 15.5. The van der Waals surface area contributed by atoms with Gasteiger partial charge in [-0.3, -0.25) is 4.90 Å². The van der Waals surface area contributed by atoms with E-state index in [0.717, 1.165) is 5.92 Å². The predicted octanol–water partition coefficient (Wildman–Crippen LogP) is 3.81. The Morgan fingerprint density at radius 2 is 1.65 bits per heavy atom. The quantitative estimate of drug-likeness (QED) is 0.904. The van der Waals surface area contributed by atoms with Gasteiger partial charge in [-0.15, -0.1) is 0 Å². The molecule has 1 atom stereocenters. The molecule has 1 aromatic carbocycles. The van der Waals surface area contributed by atoms with Gasteiger partial charge in [-0.2, -0.15) is 0 Å². The minimum atomic E-state index is 0.354. The van der Waals surface area contributed by atoms with Crippen molar-refractivity contribution in [3.05, 3.63) is 34.9 Å². The van der Waals surface area contributed by atoms with Crippen LogP contribution in [0.3, 0.4) is 0 Å². The summed E-state index contributed by atoms with van der Waals surface area (Å²) in [6, 6.07) is 7.88. The molecule has 1 aromatic rings. The first-order valence-electron chi connectivity index (χ1n) is 8.01. The summed E-state index contributed by atoms with van der Waals surface area (Å²) in [5.41, 5.74) is 10.2. The minimum Gasteiger partial charge on any atom is -0.329 e. The zero-order chi connectivity index (χ0) is 14.7. The van der Waals surface area contributed by atoms with Crippen molar-refractivity contribution in [2.75, 3.05) is 13.6 Å². The fourth-order valence-corrected chi connectivity index (χ4v) is 3.64. The molecule has 0 radical (unpaired) electrons. The molecular weight excluding hydrogens is 244 g/mol. The van der Waals surface area contributed by atoms with E-state index in [2.05, 4.69) is 50.9 Å². The predicted molar refractivity (Wildman–Crippen MR) is 86.9 cm³/mol. The normalized spacial score (nSPS) is 24.9. The number of hydrogen-bond acceptors (Lipinski definition) is 2. The Morgan fingerprint density at radius 1 is 1.10 bits per heavy atom. The summed E-state index contributed by atoms with van der Waals surface area (Å²) in [5, 5.41) is 0. The van der Waals surface area contributed by atoms with Gasteiger partial charge in [0.2, 0.25) is 0 Å². The van der Waals surface area contributed by atoms with Crippen LogP contribution in [0, 0.1) is 19.8 Å². The molecular formula is C18H30N2. The molecule has 0 aliphatic heterocycles. The van der Waals surface area contributed by atoms with Crippen molar-refractivity contribution < 1.29 is 0 Å².